The molecule has 1 aliphatic rings. The molecule has 1 heterocycles. The third kappa shape index (κ3) is 4.11. The van der Waals surface area contributed by atoms with E-state index in [1.54, 1.807) is 14.2 Å². The third-order valence-electron chi connectivity index (χ3n) is 4.46. The number of likely N-dealkylation sites (N-methyl/N-ethyl adjacent to an activating group) is 1. The van der Waals surface area contributed by atoms with Gasteiger partial charge in [0.05, 0.1) is 14.2 Å². The molecule has 1 N–H and O–H groups in total. The second-order valence-electron chi connectivity index (χ2n) is 5.87. The molecule has 1 aromatic carbocycles. The van der Waals surface area contributed by atoms with Gasteiger partial charge in [-0.15, -0.1) is 0 Å². The van der Waals surface area contributed by atoms with Crippen molar-refractivity contribution >= 4 is 0 Å². The van der Waals surface area contributed by atoms with Crippen molar-refractivity contribution in [1.82, 2.24) is 10.2 Å². The molecule has 2 atom stereocenters. The van der Waals surface area contributed by atoms with Crippen LogP contribution in [0.3, 0.4) is 0 Å². The van der Waals surface area contributed by atoms with Crippen molar-refractivity contribution in [3.63, 3.8) is 0 Å². The van der Waals surface area contributed by atoms with Crippen LogP contribution in [0.25, 0.3) is 0 Å². The molecule has 2 unspecified atom stereocenters. The van der Waals surface area contributed by atoms with Gasteiger partial charge in [0.2, 0.25) is 0 Å². The first-order valence-electron chi connectivity index (χ1n) is 7.80. The van der Waals surface area contributed by atoms with Gasteiger partial charge in [-0.3, -0.25) is 4.90 Å². The summed E-state index contributed by atoms with van der Waals surface area (Å²) in [6.07, 6.45) is 3.61. The van der Waals surface area contributed by atoms with Crippen LogP contribution in [0.4, 0.5) is 0 Å². The van der Waals surface area contributed by atoms with E-state index in [4.69, 9.17) is 9.47 Å². The van der Waals surface area contributed by atoms with Crippen LogP contribution >= 0.6 is 0 Å². The van der Waals surface area contributed by atoms with E-state index in [1.807, 2.05) is 6.07 Å². The molecule has 0 aliphatic carbocycles. The van der Waals surface area contributed by atoms with Gasteiger partial charge in [-0.1, -0.05) is 6.07 Å². The number of nitrogens with one attached hydrogen (secondary N) is 1. The van der Waals surface area contributed by atoms with Crippen molar-refractivity contribution in [2.45, 2.75) is 38.3 Å². The van der Waals surface area contributed by atoms with Crippen LogP contribution in [0.5, 0.6) is 11.5 Å². The first kappa shape index (κ1) is 16.1. The van der Waals surface area contributed by atoms with Gasteiger partial charge in [-0.25, -0.2) is 0 Å². The second-order valence-corrected chi connectivity index (χ2v) is 5.87. The Hall–Kier alpha value is -1.26. The summed E-state index contributed by atoms with van der Waals surface area (Å²) in [5.41, 5.74) is 1.30. The molecule has 0 radical (unpaired) electrons. The molecule has 1 saturated heterocycles. The summed E-state index contributed by atoms with van der Waals surface area (Å²) in [6.45, 7) is 4.66. The molecular formula is C17H28N2O2. The standard InChI is InChI=1S/C17H28N2O2/c1-13(19-9-5-6-15(12-19)18-2)10-14-7-8-16(20-3)17(11-14)21-4/h7-8,11,13,15,18H,5-6,9-10,12H2,1-4H3. The quantitative estimate of drug-likeness (QED) is 0.872. The van der Waals surface area contributed by atoms with Crippen LogP contribution in [-0.2, 0) is 6.42 Å². The molecule has 4 nitrogen and oxygen atoms in total. The van der Waals surface area contributed by atoms with Crippen LogP contribution < -0.4 is 14.8 Å². The van der Waals surface area contributed by atoms with Crippen molar-refractivity contribution < 1.29 is 9.47 Å². The summed E-state index contributed by atoms with van der Waals surface area (Å²) in [5, 5.41) is 3.41. The van der Waals surface area contributed by atoms with Gasteiger partial charge in [0.25, 0.3) is 0 Å². The molecule has 1 aromatic rings. The SMILES string of the molecule is CNC1CCCN(C(C)Cc2ccc(OC)c(OC)c2)C1. The Labute approximate surface area is 128 Å². The monoisotopic (exact) mass is 292 g/mol. The molecule has 0 saturated carbocycles. The fourth-order valence-corrected chi connectivity index (χ4v) is 3.12. The van der Waals surface area contributed by atoms with Crippen molar-refractivity contribution in [2.24, 2.45) is 0 Å². The van der Waals surface area contributed by atoms with E-state index in [1.165, 1.54) is 24.9 Å². The Morgan fingerprint density at radius 2 is 2.05 bits per heavy atom. The summed E-state index contributed by atoms with van der Waals surface area (Å²) >= 11 is 0. The maximum absolute atomic E-state index is 5.39. The van der Waals surface area contributed by atoms with Crippen LogP contribution in [0.1, 0.15) is 25.3 Å². The van der Waals surface area contributed by atoms with Crippen LogP contribution in [0, 0.1) is 0 Å². The Kier molecular flexibility index (Phi) is 5.88. The Balaban J connectivity index is 2.00. The van der Waals surface area contributed by atoms with E-state index >= 15 is 0 Å². The first-order valence-corrected chi connectivity index (χ1v) is 7.80. The zero-order valence-corrected chi connectivity index (χ0v) is 13.7. The van der Waals surface area contributed by atoms with Gasteiger partial charge < -0.3 is 14.8 Å². The van der Waals surface area contributed by atoms with Crippen molar-refractivity contribution in [2.75, 3.05) is 34.4 Å². The molecule has 1 fully saturated rings. The highest BCUT2D eigenvalue weighted by molar-refractivity contribution is 5.43. The molecule has 0 aromatic heterocycles. The van der Waals surface area contributed by atoms with Crippen molar-refractivity contribution in [3.8, 4) is 11.5 Å². The van der Waals surface area contributed by atoms with E-state index in [0.29, 0.717) is 12.1 Å². The minimum atomic E-state index is 0.541. The van der Waals surface area contributed by atoms with Gasteiger partial charge >= 0.3 is 0 Å². The molecular weight excluding hydrogens is 264 g/mol. The fraction of sp³-hybridized carbons (Fsp3) is 0.647. The summed E-state index contributed by atoms with van der Waals surface area (Å²) in [5.74, 6) is 1.61. The Bertz CT molecular complexity index is 450. The Morgan fingerprint density at radius 1 is 1.29 bits per heavy atom. The minimum Gasteiger partial charge on any atom is -0.493 e. The highest BCUT2D eigenvalue weighted by atomic mass is 16.5. The summed E-state index contributed by atoms with van der Waals surface area (Å²) in [6, 6.07) is 7.39. The normalized spacial score (nSPS) is 21.0. The number of nitrogens with zero attached hydrogens (tertiary/aromatic N) is 1. The van der Waals surface area contributed by atoms with Gasteiger partial charge in [0.1, 0.15) is 0 Å². The zero-order chi connectivity index (χ0) is 15.2. The number of benzene rings is 1. The average molecular weight is 292 g/mol. The molecule has 1 aliphatic heterocycles. The third-order valence-corrected chi connectivity index (χ3v) is 4.46. The minimum absolute atomic E-state index is 0.541. The molecule has 118 valence electrons. The lowest BCUT2D eigenvalue weighted by Gasteiger charge is -2.36. The molecule has 2 rings (SSSR count). The predicted molar refractivity (Wildman–Crippen MR) is 86.4 cm³/mol. The maximum Gasteiger partial charge on any atom is 0.160 e. The van der Waals surface area contributed by atoms with E-state index in [2.05, 4.69) is 36.3 Å². The lowest BCUT2D eigenvalue weighted by molar-refractivity contribution is 0.148. The molecule has 0 amide bonds. The topological polar surface area (TPSA) is 33.7 Å². The maximum atomic E-state index is 5.39. The number of rotatable bonds is 6. The van der Waals surface area contributed by atoms with Crippen molar-refractivity contribution in [3.05, 3.63) is 23.8 Å². The first-order chi connectivity index (χ1) is 10.2. The zero-order valence-electron chi connectivity index (χ0n) is 13.7. The van der Waals surface area contributed by atoms with Gasteiger partial charge in [-0.05, 0) is 57.5 Å². The number of hydrogen-bond donors (Lipinski definition) is 1. The molecule has 0 spiro atoms. The fourth-order valence-electron chi connectivity index (χ4n) is 3.12. The number of methoxy groups -OCH3 is 2. The van der Waals surface area contributed by atoms with E-state index < -0.39 is 0 Å². The highest BCUT2D eigenvalue weighted by Gasteiger charge is 2.22. The van der Waals surface area contributed by atoms with Gasteiger partial charge in [-0.2, -0.15) is 0 Å². The largest absolute Gasteiger partial charge is 0.493 e. The number of ether oxygens (including phenoxy) is 2. The van der Waals surface area contributed by atoms with Crippen LogP contribution in [0.15, 0.2) is 18.2 Å². The summed E-state index contributed by atoms with van der Waals surface area (Å²) < 4.78 is 10.7. The smallest absolute Gasteiger partial charge is 0.160 e. The van der Waals surface area contributed by atoms with Crippen LogP contribution in [-0.4, -0.2) is 51.3 Å². The summed E-state index contributed by atoms with van der Waals surface area (Å²) in [4.78, 5) is 2.58. The van der Waals surface area contributed by atoms with E-state index in [-0.39, 0.29) is 0 Å². The number of likely N-dealkylation sites (tertiary alicyclic amines) is 1. The Morgan fingerprint density at radius 3 is 2.71 bits per heavy atom. The molecule has 4 heteroatoms. The highest BCUT2D eigenvalue weighted by Crippen LogP contribution is 2.28. The number of piperidine rings is 1. The van der Waals surface area contributed by atoms with Gasteiger partial charge in [0.15, 0.2) is 11.5 Å². The van der Waals surface area contributed by atoms with Crippen molar-refractivity contribution in [1.29, 1.82) is 0 Å². The van der Waals surface area contributed by atoms with Crippen LogP contribution in [0.2, 0.25) is 0 Å². The number of hydrogen-bond acceptors (Lipinski definition) is 4. The lowest BCUT2D eigenvalue weighted by Crippen LogP contribution is -2.48. The predicted octanol–water partition coefficient (Wildman–Crippen LogP) is 2.32. The summed E-state index contributed by atoms with van der Waals surface area (Å²) in [7, 11) is 5.42. The average Bonchev–Trinajstić information content (AvgIpc) is 2.54. The van der Waals surface area contributed by atoms with E-state index in [0.717, 1.165) is 24.5 Å². The second kappa shape index (κ2) is 7.66. The van der Waals surface area contributed by atoms with Gasteiger partial charge in [0, 0.05) is 18.6 Å². The van der Waals surface area contributed by atoms with E-state index in [9.17, 15) is 0 Å². The lowest BCUT2D eigenvalue weighted by atomic mass is 10.0. The molecule has 0 bridgehead atoms. The molecule has 21 heavy (non-hydrogen) atoms.